The third-order valence-corrected chi connectivity index (χ3v) is 3.74. The summed E-state index contributed by atoms with van der Waals surface area (Å²) in [6, 6.07) is 1.74. The summed E-state index contributed by atoms with van der Waals surface area (Å²) in [5.74, 6) is 0. The largest absolute Gasteiger partial charge is 0.314 e. The van der Waals surface area contributed by atoms with Crippen molar-refractivity contribution in [2.75, 3.05) is 13.1 Å². The van der Waals surface area contributed by atoms with E-state index in [-0.39, 0.29) is 0 Å². The lowest BCUT2D eigenvalue weighted by Crippen LogP contribution is -2.31. The molecule has 94 valence electrons. The molecule has 0 aromatic heterocycles. The molecule has 2 heteroatoms. The van der Waals surface area contributed by atoms with E-state index in [1.54, 1.807) is 0 Å². The predicted octanol–water partition coefficient (Wildman–Crippen LogP) is 2.69. The fourth-order valence-electron chi connectivity index (χ4n) is 2.12. The fraction of sp³-hybridized carbons (Fsp3) is 1.00. The molecule has 2 rings (SSSR count). The Morgan fingerprint density at radius 1 is 0.938 bits per heavy atom. The lowest BCUT2D eigenvalue weighted by Gasteiger charge is -2.25. The second-order valence-electron chi connectivity index (χ2n) is 6.50. The molecule has 0 aromatic carbocycles. The first-order valence-corrected chi connectivity index (χ1v) is 7.12. The Labute approximate surface area is 101 Å². The Kier molecular flexibility index (Phi) is 4.26. The average molecular weight is 224 g/mol. The van der Waals surface area contributed by atoms with Gasteiger partial charge in [-0.15, -0.1) is 0 Å². The second-order valence-corrected chi connectivity index (χ2v) is 6.50. The SMILES string of the molecule is CC(C)(CCCCNC1CC1)CNC1CC1. The standard InChI is InChI=1S/C14H28N2/c1-14(2,11-16-13-7-8-13)9-3-4-10-15-12-5-6-12/h12-13,15-16H,3-11H2,1-2H3. The third-order valence-electron chi connectivity index (χ3n) is 3.74. The van der Waals surface area contributed by atoms with Gasteiger partial charge in [0, 0.05) is 18.6 Å². The molecule has 0 spiro atoms. The minimum atomic E-state index is 0.488. The number of nitrogens with one attached hydrogen (secondary N) is 2. The Hall–Kier alpha value is -0.0800. The normalized spacial score (nSPS) is 21.4. The van der Waals surface area contributed by atoms with Crippen molar-refractivity contribution < 1.29 is 0 Å². The van der Waals surface area contributed by atoms with Crippen LogP contribution in [0.3, 0.4) is 0 Å². The lowest BCUT2D eigenvalue weighted by atomic mass is 9.87. The van der Waals surface area contributed by atoms with E-state index in [0.717, 1.165) is 12.1 Å². The molecule has 2 saturated carbocycles. The van der Waals surface area contributed by atoms with Crippen LogP contribution in [0.15, 0.2) is 0 Å². The van der Waals surface area contributed by atoms with E-state index >= 15 is 0 Å². The molecule has 0 atom stereocenters. The summed E-state index contributed by atoms with van der Waals surface area (Å²) in [5.41, 5.74) is 0.488. The van der Waals surface area contributed by atoms with Crippen molar-refractivity contribution in [2.24, 2.45) is 5.41 Å². The van der Waals surface area contributed by atoms with E-state index in [1.165, 1.54) is 58.0 Å². The first kappa shape index (κ1) is 12.4. The van der Waals surface area contributed by atoms with Gasteiger partial charge < -0.3 is 10.6 Å². The van der Waals surface area contributed by atoms with Crippen molar-refractivity contribution >= 4 is 0 Å². The third kappa shape index (κ3) is 5.31. The zero-order chi connectivity index (χ0) is 11.4. The van der Waals surface area contributed by atoms with Crippen LogP contribution in [-0.4, -0.2) is 25.2 Å². The Balaban J connectivity index is 1.45. The molecule has 2 aliphatic carbocycles. The van der Waals surface area contributed by atoms with Crippen molar-refractivity contribution in [1.29, 1.82) is 0 Å². The second kappa shape index (κ2) is 5.50. The number of unbranched alkanes of at least 4 members (excludes halogenated alkanes) is 1. The van der Waals surface area contributed by atoms with Crippen LogP contribution in [0, 0.1) is 5.41 Å². The number of hydrogen-bond acceptors (Lipinski definition) is 2. The molecule has 0 bridgehead atoms. The van der Waals surface area contributed by atoms with E-state index < -0.39 is 0 Å². The summed E-state index contributed by atoms with van der Waals surface area (Å²) in [5, 5.41) is 7.24. The molecule has 0 radical (unpaired) electrons. The van der Waals surface area contributed by atoms with Gasteiger partial charge in [0.05, 0.1) is 0 Å². The summed E-state index contributed by atoms with van der Waals surface area (Å²) in [6.45, 7) is 7.23. The first-order valence-electron chi connectivity index (χ1n) is 7.12. The molecule has 2 aliphatic rings. The topological polar surface area (TPSA) is 24.1 Å². The van der Waals surface area contributed by atoms with E-state index in [1.807, 2.05) is 0 Å². The molecule has 0 amide bonds. The van der Waals surface area contributed by atoms with Crippen LogP contribution in [0.1, 0.15) is 58.8 Å². The van der Waals surface area contributed by atoms with Crippen LogP contribution in [0.4, 0.5) is 0 Å². The van der Waals surface area contributed by atoms with Crippen molar-refractivity contribution in [3.05, 3.63) is 0 Å². The molecule has 0 aliphatic heterocycles. The Morgan fingerprint density at radius 3 is 2.19 bits per heavy atom. The minimum Gasteiger partial charge on any atom is -0.314 e. The van der Waals surface area contributed by atoms with Gasteiger partial charge in [0.1, 0.15) is 0 Å². The zero-order valence-corrected chi connectivity index (χ0v) is 11.0. The van der Waals surface area contributed by atoms with Crippen LogP contribution < -0.4 is 10.6 Å². The molecule has 2 fully saturated rings. The number of hydrogen-bond donors (Lipinski definition) is 2. The molecule has 16 heavy (non-hydrogen) atoms. The van der Waals surface area contributed by atoms with Gasteiger partial charge in [-0.3, -0.25) is 0 Å². The van der Waals surface area contributed by atoms with E-state index in [2.05, 4.69) is 24.5 Å². The van der Waals surface area contributed by atoms with Gasteiger partial charge in [-0.05, 0) is 50.5 Å². The van der Waals surface area contributed by atoms with Gasteiger partial charge in [0.15, 0.2) is 0 Å². The maximum Gasteiger partial charge on any atom is 0.00684 e. The van der Waals surface area contributed by atoms with Crippen molar-refractivity contribution in [2.45, 2.75) is 70.9 Å². The molecule has 2 nitrogen and oxygen atoms in total. The number of rotatable bonds is 9. The summed E-state index contributed by atoms with van der Waals surface area (Å²) in [4.78, 5) is 0. The highest BCUT2D eigenvalue weighted by atomic mass is 15.0. The molecular formula is C14H28N2. The highest BCUT2D eigenvalue weighted by Gasteiger charge is 2.25. The van der Waals surface area contributed by atoms with Gasteiger partial charge in [-0.1, -0.05) is 20.3 Å². The summed E-state index contributed by atoms with van der Waals surface area (Å²) in [7, 11) is 0. The van der Waals surface area contributed by atoms with Crippen LogP contribution >= 0.6 is 0 Å². The minimum absolute atomic E-state index is 0.488. The first-order chi connectivity index (χ1) is 7.66. The summed E-state index contributed by atoms with van der Waals surface area (Å²) < 4.78 is 0. The summed E-state index contributed by atoms with van der Waals surface area (Å²) >= 11 is 0. The van der Waals surface area contributed by atoms with Gasteiger partial charge in [0.2, 0.25) is 0 Å². The fourth-order valence-corrected chi connectivity index (χ4v) is 2.12. The molecule has 0 heterocycles. The smallest absolute Gasteiger partial charge is 0.00684 e. The maximum atomic E-state index is 3.65. The molecule has 0 unspecified atom stereocenters. The van der Waals surface area contributed by atoms with E-state index in [9.17, 15) is 0 Å². The maximum absolute atomic E-state index is 3.65. The van der Waals surface area contributed by atoms with E-state index in [0.29, 0.717) is 5.41 Å². The highest BCUT2D eigenvalue weighted by molar-refractivity contribution is 4.84. The van der Waals surface area contributed by atoms with Crippen LogP contribution in [0.25, 0.3) is 0 Å². The molecular weight excluding hydrogens is 196 g/mol. The van der Waals surface area contributed by atoms with Crippen molar-refractivity contribution in [3.63, 3.8) is 0 Å². The van der Waals surface area contributed by atoms with Gasteiger partial charge in [-0.25, -0.2) is 0 Å². The van der Waals surface area contributed by atoms with Crippen molar-refractivity contribution in [3.8, 4) is 0 Å². The van der Waals surface area contributed by atoms with Crippen LogP contribution in [0.5, 0.6) is 0 Å². The monoisotopic (exact) mass is 224 g/mol. The highest BCUT2D eigenvalue weighted by Crippen LogP contribution is 2.25. The molecule has 0 aromatic rings. The van der Waals surface area contributed by atoms with Crippen LogP contribution in [-0.2, 0) is 0 Å². The van der Waals surface area contributed by atoms with Gasteiger partial charge >= 0.3 is 0 Å². The van der Waals surface area contributed by atoms with Gasteiger partial charge in [-0.2, -0.15) is 0 Å². The zero-order valence-electron chi connectivity index (χ0n) is 11.0. The lowest BCUT2D eigenvalue weighted by molar-refractivity contribution is 0.301. The molecule has 0 saturated heterocycles. The predicted molar refractivity (Wildman–Crippen MR) is 69.7 cm³/mol. The van der Waals surface area contributed by atoms with Crippen LogP contribution in [0.2, 0.25) is 0 Å². The van der Waals surface area contributed by atoms with Crippen molar-refractivity contribution in [1.82, 2.24) is 10.6 Å². The van der Waals surface area contributed by atoms with Gasteiger partial charge in [0.25, 0.3) is 0 Å². The Bertz CT molecular complexity index is 205. The quantitative estimate of drug-likeness (QED) is 0.588. The average Bonchev–Trinajstić information content (AvgIpc) is 3.09. The summed E-state index contributed by atoms with van der Waals surface area (Å²) in [6.07, 6.45) is 9.72. The molecule has 2 N–H and O–H groups in total. The Morgan fingerprint density at radius 2 is 1.56 bits per heavy atom. The van der Waals surface area contributed by atoms with E-state index in [4.69, 9.17) is 0 Å².